The van der Waals surface area contributed by atoms with Crippen LogP contribution in [0, 0.1) is 5.82 Å². The van der Waals surface area contributed by atoms with Crippen molar-refractivity contribution in [3.63, 3.8) is 0 Å². The molecular formula is C19H17ClF4N4O3. The summed E-state index contributed by atoms with van der Waals surface area (Å²) in [6, 6.07) is 4.46. The van der Waals surface area contributed by atoms with Gasteiger partial charge in [-0.2, -0.15) is 13.2 Å². The van der Waals surface area contributed by atoms with Gasteiger partial charge in [-0.25, -0.2) is 14.4 Å². The van der Waals surface area contributed by atoms with Crippen molar-refractivity contribution in [2.45, 2.75) is 31.2 Å². The number of amides is 1. The predicted molar refractivity (Wildman–Crippen MR) is 105 cm³/mol. The first kappa shape index (κ1) is 22.6. The second-order valence-corrected chi connectivity index (χ2v) is 7.34. The number of carbonyl (C=O) groups is 1. The zero-order chi connectivity index (χ0) is 23.0. The molecule has 2 heterocycles. The minimum Gasteiger partial charge on any atom is -0.495 e. The van der Waals surface area contributed by atoms with Crippen LogP contribution in [-0.2, 0) is 10.3 Å². The number of methoxy groups -OCH3 is 1. The van der Waals surface area contributed by atoms with E-state index in [1.54, 1.807) is 0 Å². The highest BCUT2D eigenvalue weighted by Gasteiger charge is 2.50. The Labute approximate surface area is 179 Å². The van der Waals surface area contributed by atoms with Gasteiger partial charge in [-0.05, 0) is 31.2 Å². The topological polar surface area (TPSA) is 98.8 Å². The lowest BCUT2D eigenvalue weighted by Gasteiger charge is -2.36. The van der Waals surface area contributed by atoms with Gasteiger partial charge in [0.15, 0.2) is 6.10 Å². The Bertz CT molecular complexity index is 1030. The normalized spacial score (nSPS) is 21.1. The molecule has 0 unspecified atom stereocenters. The number of alkyl halides is 3. The second kappa shape index (κ2) is 8.22. The number of hydrogen-bond acceptors (Lipinski definition) is 6. The Balaban J connectivity index is 1.95. The van der Waals surface area contributed by atoms with Gasteiger partial charge in [0.2, 0.25) is 0 Å². The Morgan fingerprint density at radius 2 is 2.10 bits per heavy atom. The fourth-order valence-electron chi connectivity index (χ4n) is 3.10. The number of aromatic nitrogens is 1. The largest absolute Gasteiger partial charge is 0.495 e. The smallest absolute Gasteiger partial charge is 0.425 e. The molecule has 12 heteroatoms. The van der Waals surface area contributed by atoms with Crippen LogP contribution in [0.2, 0.25) is 5.02 Å². The second-order valence-electron chi connectivity index (χ2n) is 6.93. The van der Waals surface area contributed by atoms with Crippen molar-refractivity contribution >= 4 is 29.2 Å². The summed E-state index contributed by atoms with van der Waals surface area (Å²) in [4.78, 5) is 20.3. The fraction of sp³-hybridized carbons (Fsp3) is 0.316. The standard InChI is InChI=1S/C19H17ClF4N4O3/c1-18(7-14(19(22,23)24)31-17(25)28-18)11-5-9(6-12(20)15(11)21)27-16(29)13-4-3-10(30-2)8-26-13/h3-6,8,14H,7H2,1-2H3,(H2,25,28)(H,27,29)/t14-,18+/m0/s1. The molecule has 1 aliphatic heterocycles. The van der Waals surface area contributed by atoms with Crippen molar-refractivity contribution in [3.8, 4) is 5.75 Å². The van der Waals surface area contributed by atoms with E-state index in [9.17, 15) is 22.4 Å². The molecule has 0 aliphatic carbocycles. The highest BCUT2D eigenvalue weighted by atomic mass is 35.5. The molecule has 31 heavy (non-hydrogen) atoms. The number of nitrogens with zero attached hydrogens (tertiary/aromatic N) is 2. The molecule has 3 N–H and O–H groups in total. The number of rotatable bonds is 4. The first-order valence-corrected chi connectivity index (χ1v) is 9.20. The van der Waals surface area contributed by atoms with Crippen molar-refractivity contribution in [2.24, 2.45) is 10.7 Å². The van der Waals surface area contributed by atoms with Gasteiger partial charge in [-0.15, -0.1) is 0 Å². The van der Waals surface area contributed by atoms with Gasteiger partial charge in [0.1, 0.15) is 17.3 Å². The van der Waals surface area contributed by atoms with Gasteiger partial charge in [0, 0.05) is 17.7 Å². The Hall–Kier alpha value is -3.08. The molecule has 7 nitrogen and oxygen atoms in total. The number of aliphatic imine (C=N–C) groups is 1. The molecule has 2 aromatic rings. The minimum atomic E-state index is -4.74. The number of carbonyl (C=O) groups excluding carboxylic acids is 1. The summed E-state index contributed by atoms with van der Waals surface area (Å²) < 4.78 is 64.0. The Kier molecular flexibility index (Phi) is 5.99. The molecular weight excluding hydrogens is 444 g/mol. The molecule has 2 atom stereocenters. The molecule has 0 radical (unpaired) electrons. The summed E-state index contributed by atoms with van der Waals surface area (Å²) in [6.45, 7) is 1.27. The first-order chi connectivity index (χ1) is 14.4. The summed E-state index contributed by atoms with van der Waals surface area (Å²) in [6.07, 6.45) is -6.43. The average molecular weight is 461 g/mol. The summed E-state index contributed by atoms with van der Waals surface area (Å²) in [7, 11) is 1.44. The highest BCUT2D eigenvalue weighted by molar-refractivity contribution is 6.31. The molecule has 0 bridgehead atoms. The number of benzene rings is 1. The summed E-state index contributed by atoms with van der Waals surface area (Å²) in [5.74, 6) is -1.19. The molecule has 0 saturated heterocycles. The number of pyridine rings is 1. The van der Waals surface area contributed by atoms with Crippen molar-refractivity contribution in [1.82, 2.24) is 4.98 Å². The van der Waals surface area contributed by atoms with Crippen LogP contribution in [0.4, 0.5) is 23.2 Å². The molecule has 0 saturated carbocycles. The SMILES string of the molecule is COc1ccc(C(=O)Nc2cc(Cl)c(F)c([C@@]3(C)C[C@@H](C(F)(F)F)OC(N)=N3)c2)nc1. The summed E-state index contributed by atoms with van der Waals surface area (Å²) >= 11 is 5.94. The third-order valence-electron chi connectivity index (χ3n) is 4.64. The van der Waals surface area contributed by atoms with E-state index in [0.717, 1.165) is 12.1 Å². The fourth-order valence-corrected chi connectivity index (χ4v) is 3.32. The molecule has 166 valence electrons. The van der Waals surface area contributed by atoms with Gasteiger partial charge in [0.25, 0.3) is 11.9 Å². The lowest BCUT2D eigenvalue weighted by molar-refractivity contribution is -0.208. The van der Waals surface area contributed by atoms with Crippen LogP contribution in [0.5, 0.6) is 5.75 Å². The number of anilines is 1. The van der Waals surface area contributed by atoms with Crippen LogP contribution in [0.1, 0.15) is 29.4 Å². The molecule has 0 fully saturated rings. The molecule has 3 rings (SSSR count). The lowest BCUT2D eigenvalue weighted by atomic mass is 9.85. The zero-order valence-corrected chi connectivity index (χ0v) is 17.0. The molecule has 1 aromatic carbocycles. The summed E-state index contributed by atoms with van der Waals surface area (Å²) in [5, 5.41) is 2.07. The van der Waals surface area contributed by atoms with Crippen LogP contribution in [0.25, 0.3) is 0 Å². The lowest BCUT2D eigenvalue weighted by Crippen LogP contribution is -2.46. The van der Waals surface area contributed by atoms with E-state index in [2.05, 4.69) is 20.0 Å². The van der Waals surface area contributed by atoms with Crippen LogP contribution in [0.15, 0.2) is 35.5 Å². The maximum Gasteiger partial charge on any atom is 0.425 e. The van der Waals surface area contributed by atoms with Gasteiger partial charge in [-0.3, -0.25) is 4.79 Å². The summed E-state index contributed by atoms with van der Waals surface area (Å²) in [5.41, 5.74) is 3.47. The maximum atomic E-state index is 14.8. The van der Waals surface area contributed by atoms with Crippen LogP contribution >= 0.6 is 11.6 Å². The van der Waals surface area contributed by atoms with Gasteiger partial charge in [-0.1, -0.05) is 11.6 Å². The minimum absolute atomic E-state index is 0.0273. The quantitative estimate of drug-likeness (QED) is 0.671. The van der Waals surface area contributed by atoms with Crippen LogP contribution in [0.3, 0.4) is 0 Å². The zero-order valence-electron chi connectivity index (χ0n) is 16.3. The van der Waals surface area contributed by atoms with Gasteiger partial charge < -0.3 is 20.5 Å². The number of hydrogen-bond donors (Lipinski definition) is 2. The maximum absolute atomic E-state index is 14.8. The van der Waals surface area contributed by atoms with Crippen LogP contribution < -0.4 is 15.8 Å². The molecule has 1 aliphatic rings. The highest BCUT2D eigenvalue weighted by Crippen LogP contribution is 2.42. The first-order valence-electron chi connectivity index (χ1n) is 8.82. The van der Waals surface area contributed by atoms with E-state index in [1.807, 2.05) is 0 Å². The van der Waals surface area contributed by atoms with E-state index in [4.69, 9.17) is 22.1 Å². The van der Waals surface area contributed by atoms with Crippen molar-refractivity contribution < 1.29 is 31.8 Å². The number of halogens is 5. The molecule has 1 amide bonds. The molecule has 1 aromatic heterocycles. The molecule has 0 spiro atoms. The van der Waals surface area contributed by atoms with E-state index in [0.29, 0.717) is 5.75 Å². The average Bonchev–Trinajstić information content (AvgIpc) is 2.69. The number of amidine groups is 1. The van der Waals surface area contributed by atoms with E-state index >= 15 is 0 Å². The number of ether oxygens (including phenoxy) is 2. The van der Waals surface area contributed by atoms with Crippen molar-refractivity contribution in [3.05, 3.63) is 52.6 Å². The number of nitrogens with one attached hydrogen (secondary N) is 1. The van der Waals surface area contributed by atoms with Gasteiger partial charge >= 0.3 is 6.18 Å². The Morgan fingerprint density at radius 1 is 1.39 bits per heavy atom. The van der Waals surface area contributed by atoms with Crippen molar-refractivity contribution in [2.75, 3.05) is 12.4 Å². The Morgan fingerprint density at radius 3 is 2.68 bits per heavy atom. The van der Waals surface area contributed by atoms with E-state index in [1.165, 1.54) is 32.4 Å². The van der Waals surface area contributed by atoms with Gasteiger partial charge in [0.05, 0.1) is 23.9 Å². The van der Waals surface area contributed by atoms with E-state index in [-0.39, 0.29) is 16.9 Å². The monoisotopic (exact) mass is 460 g/mol. The van der Waals surface area contributed by atoms with Crippen LogP contribution in [-0.4, -0.2) is 36.3 Å². The number of nitrogens with two attached hydrogens (primary N) is 1. The van der Waals surface area contributed by atoms with E-state index < -0.39 is 47.0 Å². The third-order valence-corrected chi connectivity index (χ3v) is 4.91. The third kappa shape index (κ3) is 4.82. The predicted octanol–water partition coefficient (Wildman–Crippen LogP) is 4.02. The van der Waals surface area contributed by atoms with Crippen molar-refractivity contribution in [1.29, 1.82) is 0 Å².